The van der Waals surface area contributed by atoms with Crippen LogP contribution in [0.1, 0.15) is 158 Å². The number of aliphatic carboxylic acids is 2. The molecule has 4 heteroatoms. The first kappa shape index (κ1) is 32.5. The lowest BCUT2D eigenvalue weighted by molar-refractivity contribution is -0.227. The molecule has 0 aliphatic heterocycles. The van der Waals surface area contributed by atoms with Crippen molar-refractivity contribution in [3.8, 4) is 0 Å². The molecule has 4 nitrogen and oxygen atoms in total. The minimum atomic E-state index is -0.682. The molecule has 0 heterocycles. The Bertz CT molecular complexity index is 839. The molecule has 0 radical (unpaired) electrons. The zero-order valence-corrected chi connectivity index (χ0v) is 26.6. The summed E-state index contributed by atoms with van der Waals surface area (Å²) in [6, 6.07) is 0. The van der Waals surface area contributed by atoms with Crippen LogP contribution in [0.3, 0.4) is 0 Å². The van der Waals surface area contributed by atoms with Crippen LogP contribution in [0.4, 0.5) is 0 Å². The highest BCUT2D eigenvalue weighted by Gasteiger charge is 2.69. The van der Waals surface area contributed by atoms with Gasteiger partial charge in [-0.25, -0.2) is 0 Å². The first-order valence-corrected chi connectivity index (χ1v) is 16.8. The van der Waals surface area contributed by atoms with Crippen LogP contribution in [-0.4, -0.2) is 22.2 Å². The summed E-state index contributed by atoms with van der Waals surface area (Å²) in [5, 5.41) is 18.3. The van der Waals surface area contributed by atoms with Gasteiger partial charge in [-0.3, -0.25) is 9.59 Å². The predicted octanol–water partition coefficient (Wildman–Crippen LogP) is 9.99. The van der Waals surface area contributed by atoms with Crippen LogP contribution in [0.15, 0.2) is 0 Å². The second-order valence-electron chi connectivity index (χ2n) is 15.1. The van der Waals surface area contributed by atoms with Gasteiger partial charge in [0, 0.05) is 6.42 Å². The number of unbranched alkanes of at least 4 members (excludes halogenated alkanes) is 2. The Labute approximate surface area is 240 Å². The van der Waals surface area contributed by atoms with Crippen molar-refractivity contribution in [2.75, 3.05) is 0 Å². The molecule has 0 aromatic rings. The van der Waals surface area contributed by atoms with E-state index in [1.807, 2.05) is 0 Å². The van der Waals surface area contributed by atoms with Crippen LogP contribution >= 0.6 is 0 Å². The molecule has 5 fully saturated rings. The van der Waals surface area contributed by atoms with Crippen LogP contribution in [-0.2, 0) is 9.59 Å². The molecule has 5 rings (SSSR count). The number of carbonyl (C=O) groups is 2. The number of rotatable bonds is 5. The molecule has 2 N–H and O–H groups in total. The van der Waals surface area contributed by atoms with Crippen LogP contribution < -0.4 is 0 Å². The van der Waals surface area contributed by atoms with Crippen LogP contribution in [0.2, 0.25) is 0 Å². The molecule has 5 saturated carbocycles. The Kier molecular flexibility index (Phi) is 10.7. The Morgan fingerprint density at radius 3 is 2.00 bits per heavy atom. The first-order valence-electron chi connectivity index (χ1n) is 16.8. The van der Waals surface area contributed by atoms with Gasteiger partial charge < -0.3 is 10.2 Å². The van der Waals surface area contributed by atoms with Crippen LogP contribution in [0.25, 0.3) is 0 Å². The predicted molar refractivity (Wildman–Crippen MR) is 161 cm³/mol. The zero-order valence-electron chi connectivity index (χ0n) is 26.6. The van der Waals surface area contributed by atoms with Gasteiger partial charge in [0.1, 0.15) is 0 Å². The highest BCUT2D eigenvalue weighted by molar-refractivity contribution is 5.76. The maximum atomic E-state index is 12.4. The molecule has 0 saturated heterocycles. The fourth-order valence-corrected chi connectivity index (χ4v) is 11.2. The van der Waals surface area contributed by atoms with E-state index in [-0.39, 0.29) is 5.41 Å². The Hall–Kier alpha value is -1.06. The van der Waals surface area contributed by atoms with Gasteiger partial charge in [0.05, 0.1) is 5.41 Å². The molecule has 5 aliphatic carbocycles. The van der Waals surface area contributed by atoms with Crippen molar-refractivity contribution in [2.24, 2.45) is 51.2 Å². The van der Waals surface area contributed by atoms with Crippen molar-refractivity contribution in [2.45, 2.75) is 158 Å². The number of fused-ring (bicyclic) bond motifs is 7. The summed E-state index contributed by atoms with van der Waals surface area (Å²) in [6.45, 7) is 16.8. The normalized spacial score (nSPS) is 44.1. The lowest BCUT2D eigenvalue weighted by Gasteiger charge is -2.71. The van der Waals surface area contributed by atoms with E-state index in [4.69, 9.17) is 5.11 Å². The van der Waals surface area contributed by atoms with Crippen molar-refractivity contribution in [3.05, 3.63) is 0 Å². The van der Waals surface area contributed by atoms with Gasteiger partial charge in [0.15, 0.2) is 0 Å². The number of hydrogen-bond acceptors (Lipinski definition) is 2. The molecular formula is C35H62O4. The Morgan fingerprint density at radius 1 is 0.718 bits per heavy atom. The van der Waals surface area contributed by atoms with E-state index in [1.54, 1.807) is 0 Å². The summed E-state index contributed by atoms with van der Waals surface area (Å²) in [4.78, 5) is 22.2. The molecule has 5 aliphatic rings. The minimum Gasteiger partial charge on any atom is -0.481 e. The van der Waals surface area contributed by atoms with Crippen molar-refractivity contribution < 1.29 is 19.8 Å². The summed E-state index contributed by atoms with van der Waals surface area (Å²) in [5.74, 6) is 2.60. The first-order chi connectivity index (χ1) is 18.4. The SMILES string of the molecule is CC1CCCC2(C)C1CCC1(C)C2CCC2C3CCCC3(C(=O)O)CC[C@]21C.CCC.CCCCCC(=O)O. The molecule has 0 aromatic heterocycles. The number of carboxylic acids is 2. The van der Waals surface area contributed by atoms with Gasteiger partial charge in [-0.05, 0) is 110 Å². The highest BCUT2D eigenvalue weighted by atomic mass is 16.4. The quantitative estimate of drug-likeness (QED) is 0.336. The van der Waals surface area contributed by atoms with E-state index in [0.717, 1.165) is 62.7 Å². The molecule has 39 heavy (non-hydrogen) atoms. The van der Waals surface area contributed by atoms with Gasteiger partial charge in [-0.15, -0.1) is 0 Å². The third-order valence-electron chi connectivity index (χ3n) is 13.2. The summed E-state index contributed by atoms with van der Waals surface area (Å²) in [7, 11) is 0. The van der Waals surface area contributed by atoms with Gasteiger partial charge in [-0.1, -0.05) is 87.0 Å². The third-order valence-corrected chi connectivity index (χ3v) is 13.2. The summed E-state index contributed by atoms with van der Waals surface area (Å²) in [6.07, 6.45) is 19.6. The summed E-state index contributed by atoms with van der Waals surface area (Å²) in [5.41, 5.74) is 0.896. The zero-order chi connectivity index (χ0) is 29.1. The number of carboxylic acid groups (broad SMARTS) is 2. The van der Waals surface area contributed by atoms with E-state index in [9.17, 15) is 14.7 Å². The molecule has 0 aromatic carbocycles. The van der Waals surface area contributed by atoms with Gasteiger partial charge in [0.25, 0.3) is 0 Å². The lowest BCUT2D eigenvalue weighted by atomic mass is 9.33. The average Bonchev–Trinajstić information content (AvgIpc) is 3.31. The van der Waals surface area contributed by atoms with Crippen molar-refractivity contribution in [3.63, 3.8) is 0 Å². The second-order valence-corrected chi connectivity index (χ2v) is 15.1. The number of hydrogen-bond donors (Lipinski definition) is 2. The fourth-order valence-electron chi connectivity index (χ4n) is 11.2. The van der Waals surface area contributed by atoms with E-state index in [2.05, 4.69) is 48.5 Å². The Balaban J connectivity index is 0.000000327. The van der Waals surface area contributed by atoms with Crippen LogP contribution in [0.5, 0.6) is 0 Å². The van der Waals surface area contributed by atoms with Crippen LogP contribution in [0, 0.1) is 51.2 Å². The molecule has 226 valence electrons. The van der Waals surface area contributed by atoms with Crippen molar-refractivity contribution in [1.82, 2.24) is 0 Å². The van der Waals surface area contributed by atoms with E-state index in [1.165, 1.54) is 57.8 Å². The topological polar surface area (TPSA) is 74.6 Å². The minimum absolute atomic E-state index is 0.327. The van der Waals surface area contributed by atoms with E-state index in [0.29, 0.717) is 34.5 Å². The maximum Gasteiger partial charge on any atom is 0.309 e. The van der Waals surface area contributed by atoms with E-state index < -0.39 is 11.9 Å². The molecule has 0 bridgehead atoms. The molecular weight excluding hydrogens is 484 g/mol. The fraction of sp³-hybridized carbons (Fsp3) is 0.943. The van der Waals surface area contributed by atoms with Gasteiger partial charge >= 0.3 is 11.9 Å². The molecule has 9 atom stereocenters. The summed E-state index contributed by atoms with van der Waals surface area (Å²) >= 11 is 0. The molecule has 0 spiro atoms. The lowest BCUT2D eigenvalue weighted by Crippen LogP contribution is -2.64. The molecule has 0 amide bonds. The third kappa shape index (κ3) is 5.70. The largest absolute Gasteiger partial charge is 0.481 e. The maximum absolute atomic E-state index is 12.4. The smallest absolute Gasteiger partial charge is 0.309 e. The van der Waals surface area contributed by atoms with Crippen molar-refractivity contribution in [1.29, 1.82) is 0 Å². The highest BCUT2D eigenvalue weighted by Crippen LogP contribution is 2.75. The molecule has 8 unspecified atom stereocenters. The average molecular weight is 547 g/mol. The van der Waals surface area contributed by atoms with Crippen molar-refractivity contribution >= 4 is 11.9 Å². The second kappa shape index (κ2) is 12.8. The summed E-state index contributed by atoms with van der Waals surface area (Å²) < 4.78 is 0. The van der Waals surface area contributed by atoms with Gasteiger partial charge in [-0.2, -0.15) is 0 Å². The van der Waals surface area contributed by atoms with E-state index >= 15 is 0 Å². The Morgan fingerprint density at radius 2 is 1.38 bits per heavy atom. The standard InChI is InChI=1S/C26H42O2.C6H12O2.C3H8/c1-17-7-5-12-23(2)18(17)11-14-25(4)21(23)10-9-19-20-8-6-13-26(20,22(27)28)16-15-24(19,25)3;1-2-3-4-5-6(7)8;1-3-2/h17-21H,5-16H2,1-4H3,(H,27,28);2-5H2,1H3,(H,7,8);3H2,1-2H3/t17?,18?,19?,20?,21?,23?,24-,25?,26?;;/m1../s1. The van der Waals surface area contributed by atoms with Gasteiger partial charge in [0.2, 0.25) is 0 Å². The monoisotopic (exact) mass is 546 g/mol.